The van der Waals surface area contributed by atoms with Crippen molar-refractivity contribution in [3.05, 3.63) is 102 Å². The van der Waals surface area contributed by atoms with E-state index in [0.717, 1.165) is 22.6 Å². The van der Waals surface area contributed by atoms with Crippen LogP contribution in [0.1, 0.15) is 37.6 Å². The van der Waals surface area contributed by atoms with Crippen LogP contribution in [-0.2, 0) is 17.6 Å². The maximum Gasteiger partial charge on any atom is 0.261 e. The van der Waals surface area contributed by atoms with E-state index < -0.39 is 8.32 Å². The van der Waals surface area contributed by atoms with Gasteiger partial charge in [-0.3, -0.25) is 0 Å². The van der Waals surface area contributed by atoms with Gasteiger partial charge in [-0.05, 0) is 46.3 Å². The van der Waals surface area contributed by atoms with Crippen molar-refractivity contribution < 1.29 is 13.9 Å². The Balaban J connectivity index is 1.73. The second-order valence-corrected chi connectivity index (χ2v) is 15.2. The minimum atomic E-state index is -2.73. The van der Waals surface area contributed by atoms with Gasteiger partial charge in [0.25, 0.3) is 8.32 Å². The summed E-state index contributed by atoms with van der Waals surface area (Å²) in [5.74, 6) is 1.38. The summed E-state index contributed by atoms with van der Waals surface area (Å²) in [6, 6.07) is 29.2. The molecule has 4 rings (SSSR count). The molecule has 0 bridgehead atoms. The molecule has 198 valence electrons. The van der Waals surface area contributed by atoms with Gasteiger partial charge in [-0.15, -0.1) is 0 Å². The van der Waals surface area contributed by atoms with E-state index in [1.54, 1.807) is 7.11 Å². The zero-order valence-corrected chi connectivity index (χ0v) is 24.8. The molecule has 0 N–H and O–H groups in total. The van der Waals surface area contributed by atoms with Crippen molar-refractivity contribution in [1.29, 1.82) is 0 Å². The smallest absolute Gasteiger partial charge is 0.261 e. The second kappa shape index (κ2) is 12.2. The normalized spacial score (nSPS) is 11.8. The Hall–Kier alpha value is -3.13. The first kappa shape index (κ1) is 27.9. The fourth-order valence-corrected chi connectivity index (χ4v) is 9.66. The third-order valence-electron chi connectivity index (χ3n) is 6.72. The third kappa shape index (κ3) is 5.95. The molecule has 0 unspecified atom stereocenters. The SMILES string of the molecule is COc1ccc(COc2nc(SC)nc(C)c2CO[Si](c2ccccc2)(c2ccccc2)C(C)(C)C)cc1. The van der Waals surface area contributed by atoms with Gasteiger partial charge < -0.3 is 13.9 Å². The molecule has 3 aromatic carbocycles. The quantitative estimate of drug-likeness (QED) is 0.135. The first-order valence-electron chi connectivity index (χ1n) is 12.7. The minimum Gasteiger partial charge on any atom is -0.497 e. The van der Waals surface area contributed by atoms with Crippen LogP contribution in [-0.4, -0.2) is 31.7 Å². The van der Waals surface area contributed by atoms with E-state index in [2.05, 4.69) is 81.4 Å². The highest BCUT2D eigenvalue weighted by atomic mass is 32.2. The maximum atomic E-state index is 7.19. The molecule has 1 aromatic heterocycles. The number of thioether (sulfide) groups is 1. The Labute approximate surface area is 231 Å². The predicted molar refractivity (Wildman–Crippen MR) is 158 cm³/mol. The van der Waals surface area contributed by atoms with E-state index in [1.165, 1.54) is 22.1 Å². The second-order valence-electron chi connectivity index (χ2n) is 10.2. The van der Waals surface area contributed by atoms with E-state index >= 15 is 0 Å². The molecule has 0 amide bonds. The average molecular weight is 545 g/mol. The summed E-state index contributed by atoms with van der Waals surface area (Å²) in [6.07, 6.45) is 1.97. The minimum absolute atomic E-state index is 0.131. The summed E-state index contributed by atoms with van der Waals surface area (Å²) in [7, 11) is -1.06. The summed E-state index contributed by atoms with van der Waals surface area (Å²) in [5, 5.41) is 3.02. The van der Waals surface area contributed by atoms with Crippen LogP contribution >= 0.6 is 11.8 Å². The Kier molecular flexibility index (Phi) is 8.92. The zero-order chi connectivity index (χ0) is 27.2. The summed E-state index contributed by atoms with van der Waals surface area (Å²) in [4.78, 5) is 9.48. The van der Waals surface area contributed by atoms with Gasteiger partial charge in [0, 0.05) is 0 Å². The number of rotatable bonds is 10. The number of benzene rings is 3. The van der Waals surface area contributed by atoms with E-state index in [1.807, 2.05) is 37.4 Å². The first-order chi connectivity index (χ1) is 18.3. The number of aromatic nitrogens is 2. The summed E-state index contributed by atoms with van der Waals surface area (Å²) >= 11 is 1.50. The Morgan fingerprint density at radius 3 is 1.87 bits per heavy atom. The summed E-state index contributed by atoms with van der Waals surface area (Å²) in [5.41, 5.74) is 2.78. The molecular weight excluding hydrogens is 509 g/mol. The Morgan fingerprint density at radius 1 is 0.789 bits per heavy atom. The van der Waals surface area contributed by atoms with E-state index in [-0.39, 0.29) is 5.04 Å². The van der Waals surface area contributed by atoms with Crippen LogP contribution < -0.4 is 19.8 Å². The van der Waals surface area contributed by atoms with Crippen LogP contribution in [0.15, 0.2) is 90.1 Å². The molecule has 4 aromatic rings. The lowest BCUT2D eigenvalue weighted by Gasteiger charge is -2.43. The number of ether oxygens (including phenoxy) is 2. The molecule has 0 saturated carbocycles. The van der Waals surface area contributed by atoms with Gasteiger partial charge in [0.2, 0.25) is 5.88 Å². The molecular formula is C31H36N2O3SSi. The van der Waals surface area contributed by atoms with Gasteiger partial charge in [0.1, 0.15) is 12.4 Å². The van der Waals surface area contributed by atoms with Crippen molar-refractivity contribution in [2.45, 2.75) is 51.1 Å². The predicted octanol–water partition coefficient (Wildman–Crippen LogP) is 6.17. The van der Waals surface area contributed by atoms with Crippen molar-refractivity contribution in [3.8, 4) is 11.6 Å². The van der Waals surface area contributed by atoms with Gasteiger partial charge in [-0.1, -0.05) is 105 Å². The first-order valence-corrected chi connectivity index (χ1v) is 15.8. The third-order valence-corrected chi connectivity index (χ3v) is 12.3. The maximum absolute atomic E-state index is 7.19. The van der Waals surface area contributed by atoms with Crippen LogP contribution in [0.2, 0.25) is 5.04 Å². The molecule has 0 saturated heterocycles. The average Bonchev–Trinajstić information content (AvgIpc) is 2.93. The van der Waals surface area contributed by atoms with Crippen molar-refractivity contribution in [3.63, 3.8) is 0 Å². The van der Waals surface area contributed by atoms with Gasteiger partial charge in [-0.25, -0.2) is 4.98 Å². The topological polar surface area (TPSA) is 53.5 Å². The lowest BCUT2D eigenvalue weighted by molar-refractivity contribution is 0.253. The molecule has 0 atom stereocenters. The van der Waals surface area contributed by atoms with Gasteiger partial charge >= 0.3 is 0 Å². The van der Waals surface area contributed by atoms with Crippen molar-refractivity contribution in [2.24, 2.45) is 0 Å². The van der Waals surface area contributed by atoms with Crippen LogP contribution in [0.3, 0.4) is 0 Å². The van der Waals surface area contributed by atoms with Crippen molar-refractivity contribution in [1.82, 2.24) is 9.97 Å². The lowest BCUT2D eigenvalue weighted by atomic mass is 10.2. The highest BCUT2D eigenvalue weighted by molar-refractivity contribution is 7.98. The van der Waals surface area contributed by atoms with E-state index in [9.17, 15) is 0 Å². The Morgan fingerprint density at radius 2 is 1.37 bits per heavy atom. The van der Waals surface area contributed by atoms with Gasteiger partial charge in [0.15, 0.2) is 5.16 Å². The molecule has 0 aliphatic carbocycles. The van der Waals surface area contributed by atoms with Crippen LogP contribution in [0.4, 0.5) is 0 Å². The number of hydrogen-bond acceptors (Lipinski definition) is 6. The molecule has 0 fully saturated rings. The van der Waals surface area contributed by atoms with Gasteiger partial charge in [0.05, 0.1) is 25.0 Å². The molecule has 7 heteroatoms. The molecule has 0 aliphatic heterocycles. The molecule has 0 spiro atoms. The molecule has 38 heavy (non-hydrogen) atoms. The number of nitrogens with zero attached hydrogens (tertiary/aromatic N) is 2. The van der Waals surface area contributed by atoms with Crippen LogP contribution in [0.5, 0.6) is 11.6 Å². The Bertz CT molecular complexity index is 1290. The molecule has 5 nitrogen and oxygen atoms in total. The summed E-state index contributed by atoms with van der Waals surface area (Å²) < 4.78 is 18.8. The monoisotopic (exact) mass is 544 g/mol. The fraction of sp³-hybridized carbons (Fsp3) is 0.290. The van der Waals surface area contributed by atoms with Crippen molar-refractivity contribution >= 4 is 30.5 Å². The fourth-order valence-electron chi connectivity index (χ4n) is 4.74. The van der Waals surface area contributed by atoms with Crippen LogP contribution in [0.25, 0.3) is 0 Å². The van der Waals surface area contributed by atoms with E-state index in [0.29, 0.717) is 24.3 Å². The summed E-state index contributed by atoms with van der Waals surface area (Å²) in [6.45, 7) is 9.58. The highest BCUT2D eigenvalue weighted by Crippen LogP contribution is 2.38. The number of aryl methyl sites for hydroxylation is 1. The standard InChI is InChI=1S/C31H36N2O3SSi/c1-23-28(29(33-30(32-23)37-6)35-21-24-17-19-25(34-5)20-18-24)22-36-38(31(2,3)4,26-13-9-7-10-14-26)27-15-11-8-12-16-27/h7-20H,21-22H2,1-6H3. The molecule has 0 aliphatic rings. The van der Waals surface area contributed by atoms with E-state index in [4.69, 9.17) is 23.9 Å². The lowest BCUT2D eigenvalue weighted by Crippen LogP contribution is -2.66. The largest absolute Gasteiger partial charge is 0.497 e. The number of hydrogen-bond donors (Lipinski definition) is 0. The zero-order valence-electron chi connectivity index (χ0n) is 23.0. The van der Waals surface area contributed by atoms with Crippen molar-refractivity contribution in [2.75, 3.05) is 13.4 Å². The number of methoxy groups -OCH3 is 1. The molecule has 0 radical (unpaired) electrons. The highest BCUT2D eigenvalue weighted by Gasteiger charge is 2.50. The molecule has 1 heterocycles. The van der Waals surface area contributed by atoms with Gasteiger partial charge in [-0.2, -0.15) is 4.98 Å². The van der Waals surface area contributed by atoms with Crippen LogP contribution in [0, 0.1) is 6.92 Å².